The minimum atomic E-state index is -0.351. The number of hydrogen-bond acceptors (Lipinski definition) is 3. The van der Waals surface area contributed by atoms with Crippen molar-refractivity contribution >= 4 is 5.69 Å². The van der Waals surface area contributed by atoms with Crippen LogP contribution in [0.4, 0.5) is 5.69 Å². The highest BCUT2D eigenvalue weighted by Gasteiger charge is 2.03. The van der Waals surface area contributed by atoms with Crippen LogP contribution in [0.15, 0.2) is 24.3 Å². The molecule has 0 saturated heterocycles. The van der Waals surface area contributed by atoms with Gasteiger partial charge >= 0.3 is 0 Å². The molecule has 1 rings (SSSR count). The average molecular weight is 190 g/mol. The molecule has 1 aromatic carbocycles. The van der Waals surface area contributed by atoms with Crippen molar-refractivity contribution in [2.75, 3.05) is 18.5 Å². The molecule has 0 radical (unpaired) electrons. The Bertz CT molecular complexity index is 324. The maximum absolute atomic E-state index is 9.19. The van der Waals surface area contributed by atoms with Gasteiger partial charge in [-0.1, -0.05) is 0 Å². The van der Waals surface area contributed by atoms with Crippen LogP contribution in [0.5, 0.6) is 0 Å². The van der Waals surface area contributed by atoms with Crippen molar-refractivity contribution < 1.29 is 5.11 Å². The lowest BCUT2D eigenvalue weighted by atomic mass is 10.2. The van der Waals surface area contributed by atoms with Gasteiger partial charge in [-0.2, -0.15) is 5.26 Å². The number of likely N-dealkylation sites (N-methyl/N-ethyl adjacent to an activating group) is 1. The summed E-state index contributed by atoms with van der Waals surface area (Å²) in [6, 6.07) is 9.36. The summed E-state index contributed by atoms with van der Waals surface area (Å²) in [5, 5.41) is 17.8. The van der Waals surface area contributed by atoms with Crippen molar-refractivity contribution in [1.29, 1.82) is 5.26 Å². The molecule has 14 heavy (non-hydrogen) atoms. The molecular weight excluding hydrogens is 176 g/mol. The Morgan fingerprint density at radius 3 is 2.43 bits per heavy atom. The molecule has 74 valence electrons. The maximum Gasteiger partial charge on any atom is 0.0991 e. The molecule has 0 aromatic heterocycles. The summed E-state index contributed by atoms with van der Waals surface area (Å²) < 4.78 is 0. The predicted molar refractivity (Wildman–Crippen MR) is 56.1 cm³/mol. The van der Waals surface area contributed by atoms with Gasteiger partial charge in [0.25, 0.3) is 0 Å². The third-order valence-corrected chi connectivity index (χ3v) is 1.98. The number of nitriles is 1. The van der Waals surface area contributed by atoms with E-state index < -0.39 is 0 Å². The standard InChI is InChI=1S/C11H14N2O/c1-9(14)8-13(2)11-5-3-10(7-12)4-6-11/h3-6,9,14H,8H2,1-2H3/t9-/m1/s1. The molecule has 0 aliphatic rings. The van der Waals surface area contributed by atoms with Crippen LogP contribution in [0, 0.1) is 11.3 Å². The van der Waals surface area contributed by atoms with Gasteiger partial charge in [0.15, 0.2) is 0 Å². The van der Waals surface area contributed by atoms with Crippen molar-refractivity contribution in [2.45, 2.75) is 13.0 Å². The third kappa shape index (κ3) is 2.75. The molecule has 1 N–H and O–H groups in total. The molecule has 0 amide bonds. The van der Waals surface area contributed by atoms with Crippen molar-refractivity contribution in [1.82, 2.24) is 0 Å². The van der Waals surface area contributed by atoms with E-state index in [1.807, 2.05) is 24.1 Å². The number of rotatable bonds is 3. The average Bonchev–Trinajstić information content (AvgIpc) is 2.17. The minimum Gasteiger partial charge on any atom is -0.392 e. The number of anilines is 1. The minimum absolute atomic E-state index is 0.351. The topological polar surface area (TPSA) is 47.3 Å². The fourth-order valence-electron chi connectivity index (χ4n) is 1.29. The van der Waals surface area contributed by atoms with Gasteiger partial charge in [0.2, 0.25) is 0 Å². The van der Waals surface area contributed by atoms with Crippen LogP contribution in [-0.2, 0) is 0 Å². The van der Waals surface area contributed by atoms with E-state index in [2.05, 4.69) is 6.07 Å². The van der Waals surface area contributed by atoms with Gasteiger partial charge in [-0.25, -0.2) is 0 Å². The summed E-state index contributed by atoms with van der Waals surface area (Å²) in [5.74, 6) is 0. The van der Waals surface area contributed by atoms with Crippen molar-refractivity contribution in [3.63, 3.8) is 0 Å². The van der Waals surface area contributed by atoms with Crippen molar-refractivity contribution in [2.24, 2.45) is 0 Å². The summed E-state index contributed by atoms with van der Waals surface area (Å²) in [6.07, 6.45) is -0.351. The van der Waals surface area contributed by atoms with E-state index >= 15 is 0 Å². The SMILES string of the molecule is C[C@@H](O)CN(C)c1ccc(C#N)cc1. The number of aliphatic hydroxyl groups excluding tert-OH is 1. The van der Waals surface area contributed by atoms with Gasteiger partial charge in [-0.05, 0) is 31.2 Å². The van der Waals surface area contributed by atoms with E-state index in [-0.39, 0.29) is 6.10 Å². The molecule has 0 spiro atoms. The Labute approximate surface area is 84.2 Å². The summed E-state index contributed by atoms with van der Waals surface area (Å²) in [5.41, 5.74) is 1.66. The molecule has 3 nitrogen and oxygen atoms in total. The lowest BCUT2D eigenvalue weighted by molar-refractivity contribution is 0.201. The van der Waals surface area contributed by atoms with Gasteiger partial charge in [-0.3, -0.25) is 0 Å². The molecule has 0 aliphatic heterocycles. The van der Waals surface area contributed by atoms with Crippen LogP contribution in [0.25, 0.3) is 0 Å². The summed E-state index contributed by atoms with van der Waals surface area (Å²) in [7, 11) is 1.91. The van der Waals surface area contributed by atoms with E-state index in [1.165, 1.54) is 0 Å². The van der Waals surface area contributed by atoms with Crippen LogP contribution >= 0.6 is 0 Å². The number of hydrogen-bond donors (Lipinski definition) is 1. The molecule has 0 heterocycles. The van der Waals surface area contributed by atoms with Crippen LogP contribution in [0.3, 0.4) is 0 Å². The first-order valence-corrected chi connectivity index (χ1v) is 4.53. The molecule has 0 bridgehead atoms. The molecule has 0 fully saturated rings. The Morgan fingerprint density at radius 1 is 1.43 bits per heavy atom. The van der Waals surface area contributed by atoms with Crippen LogP contribution in [0.1, 0.15) is 12.5 Å². The van der Waals surface area contributed by atoms with Gasteiger partial charge in [-0.15, -0.1) is 0 Å². The third-order valence-electron chi connectivity index (χ3n) is 1.98. The zero-order valence-corrected chi connectivity index (χ0v) is 8.44. The van der Waals surface area contributed by atoms with Crippen molar-refractivity contribution in [3.05, 3.63) is 29.8 Å². The monoisotopic (exact) mass is 190 g/mol. The first-order chi connectivity index (χ1) is 6.63. The Kier molecular flexibility index (Phi) is 3.49. The van der Waals surface area contributed by atoms with Crippen LogP contribution in [0.2, 0.25) is 0 Å². The fraction of sp³-hybridized carbons (Fsp3) is 0.364. The molecule has 0 unspecified atom stereocenters. The second-order valence-electron chi connectivity index (χ2n) is 3.39. The first kappa shape index (κ1) is 10.6. The zero-order chi connectivity index (χ0) is 10.6. The van der Waals surface area contributed by atoms with Crippen molar-refractivity contribution in [3.8, 4) is 6.07 Å². The van der Waals surface area contributed by atoms with Crippen LogP contribution < -0.4 is 4.90 Å². The second-order valence-corrected chi connectivity index (χ2v) is 3.39. The zero-order valence-electron chi connectivity index (χ0n) is 8.44. The number of nitrogens with zero attached hydrogens (tertiary/aromatic N) is 2. The molecule has 0 aliphatic carbocycles. The normalized spacial score (nSPS) is 11.9. The molecular formula is C11H14N2O. The van der Waals surface area contributed by atoms with E-state index in [9.17, 15) is 5.11 Å². The van der Waals surface area contributed by atoms with E-state index in [4.69, 9.17) is 5.26 Å². The van der Waals surface area contributed by atoms with E-state index in [0.29, 0.717) is 12.1 Å². The summed E-state index contributed by atoms with van der Waals surface area (Å²) in [4.78, 5) is 1.95. The molecule has 1 atom stereocenters. The highest BCUT2D eigenvalue weighted by Crippen LogP contribution is 2.13. The van der Waals surface area contributed by atoms with Crippen LogP contribution in [-0.4, -0.2) is 24.8 Å². The lowest BCUT2D eigenvalue weighted by Gasteiger charge is -2.20. The first-order valence-electron chi connectivity index (χ1n) is 4.53. The highest BCUT2D eigenvalue weighted by molar-refractivity contribution is 5.49. The van der Waals surface area contributed by atoms with Gasteiger partial charge in [0.05, 0.1) is 17.7 Å². The van der Waals surface area contributed by atoms with E-state index in [0.717, 1.165) is 5.69 Å². The van der Waals surface area contributed by atoms with Gasteiger partial charge < -0.3 is 10.0 Å². The van der Waals surface area contributed by atoms with Gasteiger partial charge in [0.1, 0.15) is 0 Å². The fourth-order valence-corrected chi connectivity index (χ4v) is 1.29. The number of aliphatic hydroxyl groups is 1. The maximum atomic E-state index is 9.19. The highest BCUT2D eigenvalue weighted by atomic mass is 16.3. The molecule has 3 heteroatoms. The summed E-state index contributed by atoms with van der Waals surface area (Å²) in [6.45, 7) is 2.34. The molecule has 0 saturated carbocycles. The smallest absolute Gasteiger partial charge is 0.0991 e. The Balaban J connectivity index is 2.72. The lowest BCUT2D eigenvalue weighted by Crippen LogP contribution is -2.26. The van der Waals surface area contributed by atoms with Gasteiger partial charge in [0, 0.05) is 19.3 Å². The number of benzene rings is 1. The van der Waals surface area contributed by atoms with E-state index in [1.54, 1.807) is 19.1 Å². The Hall–Kier alpha value is -1.53. The summed E-state index contributed by atoms with van der Waals surface area (Å²) >= 11 is 0. The second kappa shape index (κ2) is 4.64. The predicted octanol–water partition coefficient (Wildman–Crippen LogP) is 1.38. The largest absolute Gasteiger partial charge is 0.392 e. The molecule has 1 aromatic rings. The quantitative estimate of drug-likeness (QED) is 0.783. The Morgan fingerprint density at radius 2 is 2.00 bits per heavy atom.